The number of hydrogen-bond donors (Lipinski definition) is 2. The normalized spacial score (nSPS) is 16.0. The van der Waals surface area contributed by atoms with Crippen molar-refractivity contribution in [1.29, 1.82) is 0 Å². The summed E-state index contributed by atoms with van der Waals surface area (Å²) in [6, 6.07) is 5.76. The van der Waals surface area contributed by atoms with Crippen LogP contribution < -0.4 is 10.6 Å². The molecule has 0 spiro atoms. The van der Waals surface area contributed by atoms with Gasteiger partial charge in [0.2, 0.25) is 5.91 Å². The van der Waals surface area contributed by atoms with E-state index in [-0.39, 0.29) is 18.4 Å². The lowest BCUT2D eigenvalue weighted by Crippen LogP contribution is -2.38. The number of terminal acetylenes is 1. The van der Waals surface area contributed by atoms with Crippen molar-refractivity contribution in [2.24, 2.45) is 10.2 Å². The molecule has 0 radical (unpaired) electrons. The van der Waals surface area contributed by atoms with Crippen LogP contribution in [0.4, 0.5) is 0 Å². The molecule has 1 heterocycles. The number of amides is 2. The van der Waals surface area contributed by atoms with Gasteiger partial charge in [0.15, 0.2) is 5.66 Å². The number of nitrogens with one attached hydrogen (secondary N) is 2. The Morgan fingerprint density at radius 3 is 2.72 bits per heavy atom. The predicted molar refractivity (Wildman–Crippen MR) is 94.1 cm³/mol. The quantitative estimate of drug-likeness (QED) is 0.711. The molecule has 1 aromatic carbocycles. The Balaban J connectivity index is 1.37. The van der Waals surface area contributed by atoms with E-state index in [4.69, 9.17) is 6.42 Å². The zero-order valence-corrected chi connectivity index (χ0v) is 14.2. The Kier molecular flexibility index (Phi) is 5.13. The molecule has 1 aliphatic carbocycles. The van der Waals surface area contributed by atoms with Gasteiger partial charge >= 0.3 is 0 Å². The number of fused-ring (bicyclic) bond motifs is 1. The van der Waals surface area contributed by atoms with Crippen molar-refractivity contribution in [3.05, 3.63) is 34.9 Å². The van der Waals surface area contributed by atoms with E-state index in [1.165, 1.54) is 11.1 Å². The largest absolute Gasteiger partial charge is 0.354 e. The van der Waals surface area contributed by atoms with E-state index in [0.29, 0.717) is 31.4 Å². The molecule has 3 rings (SSSR count). The van der Waals surface area contributed by atoms with Crippen LogP contribution >= 0.6 is 0 Å². The highest BCUT2D eigenvalue weighted by atomic mass is 16.2. The highest BCUT2D eigenvalue weighted by molar-refractivity contribution is 5.96. The summed E-state index contributed by atoms with van der Waals surface area (Å²) in [5.74, 6) is 2.13. The molecule has 0 saturated heterocycles. The Hall–Kier alpha value is -2.68. The van der Waals surface area contributed by atoms with Crippen molar-refractivity contribution in [3.8, 4) is 12.3 Å². The van der Waals surface area contributed by atoms with Crippen LogP contribution in [0.3, 0.4) is 0 Å². The average Bonchev–Trinajstić information content (AvgIpc) is 3.22. The van der Waals surface area contributed by atoms with E-state index in [0.717, 1.165) is 19.3 Å². The summed E-state index contributed by atoms with van der Waals surface area (Å²) in [6.07, 6.45) is 10.5. The molecule has 25 heavy (non-hydrogen) atoms. The lowest BCUT2D eigenvalue weighted by atomic mass is 10.0. The molecule has 6 heteroatoms. The summed E-state index contributed by atoms with van der Waals surface area (Å²) in [7, 11) is 0. The molecule has 0 saturated carbocycles. The van der Waals surface area contributed by atoms with Gasteiger partial charge in [-0.2, -0.15) is 10.2 Å². The molecule has 130 valence electrons. The van der Waals surface area contributed by atoms with E-state index in [2.05, 4.69) is 26.8 Å². The molecule has 2 N–H and O–H groups in total. The van der Waals surface area contributed by atoms with Gasteiger partial charge < -0.3 is 10.6 Å². The smallest absolute Gasteiger partial charge is 0.251 e. The molecule has 0 bridgehead atoms. The Morgan fingerprint density at radius 1 is 1.16 bits per heavy atom. The third kappa shape index (κ3) is 4.44. The van der Waals surface area contributed by atoms with Crippen LogP contribution in [-0.4, -0.2) is 30.6 Å². The van der Waals surface area contributed by atoms with Crippen molar-refractivity contribution in [3.63, 3.8) is 0 Å². The minimum absolute atomic E-state index is 0.0401. The van der Waals surface area contributed by atoms with Crippen LogP contribution in [0.5, 0.6) is 0 Å². The third-order valence-electron chi connectivity index (χ3n) is 4.67. The Labute approximate surface area is 147 Å². The second-order valence-electron chi connectivity index (χ2n) is 6.51. The van der Waals surface area contributed by atoms with Gasteiger partial charge in [-0.1, -0.05) is 6.07 Å². The minimum Gasteiger partial charge on any atom is -0.354 e. The maximum absolute atomic E-state index is 12.2. The van der Waals surface area contributed by atoms with Crippen molar-refractivity contribution in [1.82, 2.24) is 10.6 Å². The molecular weight excluding hydrogens is 316 g/mol. The van der Waals surface area contributed by atoms with Crippen molar-refractivity contribution in [2.75, 3.05) is 13.1 Å². The number of carbonyl (C=O) groups is 2. The summed E-state index contributed by atoms with van der Waals surface area (Å²) in [5, 5.41) is 13.5. The zero-order valence-electron chi connectivity index (χ0n) is 14.2. The van der Waals surface area contributed by atoms with E-state index < -0.39 is 5.66 Å². The number of nitrogens with zero attached hydrogens (tertiary/aromatic N) is 2. The summed E-state index contributed by atoms with van der Waals surface area (Å²) < 4.78 is 0. The number of benzene rings is 1. The van der Waals surface area contributed by atoms with Gasteiger partial charge in [-0.3, -0.25) is 9.59 Å². The van der Waals surface area contributed by atoms with Gasteiger partial charge in [-0.05, 0) is 42.5 Å². The number of carbonyl (C=O) groups excluding carboxylic acids is 2. The molecule has 0 unspecified atom stereocenters. The first-order valence-corrected chi connectivity index (χ1v) is 8.66. The molecule has 0 fully saturated rings. The zero-order chi connectivity index (χ0) is 17.7. The summed E-state index contributed by atoms with van der Waals surface area (Å²) in [6.45, 7) is 0.423. The Morgan fingerprint density at radius 2 is 1.96 bits per heavy atom. The molecular formula is C19H22N4O2. The number of aryl methyl sites for hydroxylation is 2. The van der Waals surface area contributed by atoms with Crippen LogP contribution in [-0.2, 0) is 17.6 Å². The van der Waals surface area contributed by atoms with Gasteiger partial charge in [0.25, 0.3) is 5.91 Å². The number of rotatable bonds is 8. The lowest BCUT2D eigenvalue weighted by Gasteiger charge is -2.10. The first-order chi connectivity index (χ1) is 12.1. The fourth-order valence-electron chi connectivity index (χ4n) is 3.11. The summed E-state index contributed by atoms with van der Waals surface area (Å²) >= 11 is 0. The highest BCUT2D eigenvalue weighted by Gasteiger charge is 2.38. The molecule has 1 aromatic rings. The standard InChI is InChI=1S/C19H22N4O2/c1-2-3-9-19(22-23-19)10-11-20-17(24)13-21-18(25)16-8-7-14-5-4-6-15(14)12-16/h1,7-8,12H,3-6,9-11,13H2,(H,20,24)(H,21,25). The second kappa shape index (κ2) is 7.47. The lowest BCUT2D eigenvalue weighted by molar-refractivity contribution is -0.120. The molecule has 0 atom stereocenters. The van der Waals surface area contributed by atoms with Gasteiger partial charge in [0.05, 0.1) is 6.54 Å². The molecule has 1 aliphatic heterocycles. The molecule has 0 aromatic heterocycles. The third-order valence-corrected chi connectivity index (χ3v) is 4.67. The van der Waals surface area contributed by atoms with Crippen molar-refractivity contribution >= 4 is 11.8 Å². The summed E-state index contributed by atoms with van der Waals surface area (Å²) in [4.78, 5) is 24.0. The SMILES string of the molecule is C#CCCC1(CCNC(=O)CNC(=O)c2ccc3c(c2)CCC3)N=N1. The summed E-state index contributed by atoms with van der Waals surface area (Å²) in [5.41, 5.74) is 2.78. The highest BCUT2D eigenvalue weighted by Crippen LogP contribution is 2.35. The van der Waals surface area contributed by atoms with Crippen LogP contribution in [0.15, 0.2) is 28.4 Å². The first-order valence-electron chi connectivity index (χ1n) is 8.66. The topological polar surface area (TPSA) is 82.9 Å². The molecule has 2 amide bonds. The maximum atomic E-state index is 12.2. The van der Waals surface area contributed by atoms with Crippen LogP contribution in [0.1, 0.15) is 47.2 Å². The van der Waals surface area contributed by atoms with Gasteiger partial charge in [0, 0.05) is 31.4 Å². The average molecular weight is 338 g/mol. The predicted octanol–water partition coefficient (Wildman–Crippen LogP) is 1.99. The van der Waals surface area contributed by atoms with E-state index in [1.807, 2.05) is 18.2 Å². The molecule has 2 aliphatic rings. The van der Waals surface area contributed by atoms with E-state index in [9.17, 15) is 9.59 Å². The van der Waals surface area contributed by atoms with Crippen molar-refractivity contribution in [2.45, 2.75) is 44.2 Å². The fourth-order valence-corrected chi connectivity index (χ4v) is 3.11. The van der Waals surface area contributed by atoms with Crippen molar-refractivity contribution < 1.29 is 9.59 Å². The second-order valence-corrected chi connectivity index (χ2v) is 6.51. The fraction of sp³-hybridized carbons (Fsp3) is 0.474. The minimum atomic E-state index is -0.396. The Bertz CT molecular complexity index is 742. The van der Waals surface area contributed by atoms with Crippen LogP contribution in [0, 0.1) is 12.3 Å². The molecule has 6 nitrogen and oxygen atoms in total. The van der Waals surface area contributed by atoms with Crippen LogP contribution in [0.25, 0.3) is 0 Å². The van der Waals surface area contributed by atoms with E-state index in [1.54, 1.807) is 0 Å². The number of hydrogen-bond acceptors (Lipinski definition) is 4. The van der Waals surface area contributed by atoms with Gasteiger partial charge in [-0.25, -0.2) is 0 Å². The first kappa shape index (κ1) is 17.2. The maximum Gasteiger partial charge on any atom is 0.251 e. The van der Waals surface area contributed by atoms with Gasteiger partial charge in [-0.15, -0.1) is 12.3 Å². The van der Waals surface area contributed by atoms with Gasteiger partial charge in [0.1, 0.15) is 0 Å². The monoisotopic (exact) mass is 338 g/mol. The van der Waals surface area contributed by atoms with E-state index >= 15 is 0 Å². The van der Waals surface area contributed by atoms with Crippen LogP contribution in [0.2, 0.25) is 0 Å².